The summed E-state index contributed by atoms with van der Waals surface area (Å²) >= 11 is 2.13. The first kappa shape index (κ1) is 25.4. The Hall–Kier alpha value is -2.66. The Balaban J connectivity index is 1.72. The molecule has 0 aromatic carbocycles. The zero-order chi connectivity index (χ0) is 25.9. The molecule has 3 heterocycles. The lowest BCUT2D eigenvalue weighted by Gasteiger charge is -2.33. The lowest BCUT2D eigenvalue weighted by atomic mass is 9.72. The minimum Gasteiger partial charge on any atom is -0.465 e. The van der Waals surface area contributed by atoms with E-state index in [1.54, 1.807) is 0 Å². The number of ether oxygens (including phenoxy) is 1. The van der Waals surface area contributed by atoms with Gasteiger partial charge >= 0.3 is 12.1 Å². The summed E-state index contributed by atoms with van der Waals surface area (Å²) in [5.41, 5.74) is 6.81. The first-order chi connectivity index (χ1) is 16.2. The van der Waals surface area contributed by atoms with E-state index in [1.165, 1.54) is 25.4 Å². The minimum atomic E-state index is -4.61. The van der Waals surface area contributed by atoms with Crippen LogP contribution in [0.3, 0.4) is 0 Å². The Morgan fingerprint density at radius 2 is 1.91 bits per heavy atom. The molecule has 188 valence electrons. The van der Waals surface area contributed by atoms with E-state index in [1.807, 2.05) is 0 Å². The molecule has 3 N–H and O–H groups in total. The molecule has 4 rings (SSSR count). The number of esters is 1. The summed E-state index contributed by atoms with van der Waals surface area (Å²) in [6, 6.07) is 0.918. The average Bonchev–Trinajstić information content (AvgIpc) is 3.28. The van der Waals surface area contributed by atoms with Crippen LogP contribution in [-0.4, -0.2) is 24.0 Å². The molecule has 1 unspecified atom stereocenters. The van der Waals surface area contributed by atoms with Crippen LogP contribution in [0.5, 0.6) is 0 Å². The summed E-state index contributed by atoms with van der Waals surface area (Å²) in [5, 5.41) is 3.46. The molecule has 0 aliphatic heterocycles. The molecule has 0 saturated heterocycles. The van der Waals surface area contributed by atoms with Crippen LogP contribution < -0.4 is 11.1 Å². The van der Waals surface area contributed by atoms with Crippen LogP contribution in [0.2, 0.25) is 0 Å². The van der Waals surface area contributed by atoms with Crippen molar-refractivity contribution < 1.29 is 27.5 Å². The number of alkyl halides is 3. The van der Waals surface area contributed by atoms with Crippen molar-refractivity contribution in [3.8, 4) is 0 Å². The number of thiophene rings is 2. The highest BCUT2D eigenvalue weighted by Gasteiger charge is 2.36. The number of aromatic nitrogens is 1. The first-order valence-electron chi connectivity index (χ1n) is 11.0. The Morgan fingerprint density at radius 3 is 2.51 bits per heavy atom. The largest absolute Gasteiger partial charge is 0.465 e. The van der Waals surface area contributed by atoms with E-state index < -0.39 is 23.7 Å². The monoisotopic (exact) mass is 525 g/mol. The van der Waals surface area contributed by atoms with Gasteiger partial charge in [-0.2, -0.15) is 13.2 Å². The molecule has 0 spiro atoms. The normalized spacial score (nSPS) is 16.3. The molecule has 1 aliphatic rings. The van der Waals surface area contributed by atoms with E-state index in [0.29, 0.717) is 28.3 Å². The number of pyridine rings is 1. The fraction of sp³-hybridized carbons (Fsp3) is 0.458. The molecule has 35 heavy (non-hydrogen) atoms. The first-order valence-corrected chi connectivity index (χ1v) is 12.7. The number of anilines is 2. The number of aryl methyl sites for hydroxylation is 1. The second kappa shape index (κ2) is 8.77. The van der Waals surface area contributed by atoms with Crippen LogP contribution in [0.25, 0.3) is 10.2 Å². The van der Waals surface area contributed by atoms with E-state index in [0.717, 1.165) is 40.7 Å². The molecular formula is C24H26F3N3O3S2. The number of amides is 1. The third-order valence-corrected chi connectivity index (χ3v) is 8.77. The van der Waals surface area contributed by atoms with Crippen molar-refractivity contribution in [1.82, 2.24) is 4.98 Å². The van der Waals surface area contributed by atoms with Crippen LogP contribution in [0.1, 0.15) is 68.9 Å². The van der Waals surface area contributed by atoms with Crippen molar-refractivity contribution in [3.05, 3.63) is 38.2 Å². The Morgan fingerprint density at radius 1 is 1.23 bits per heavy atom. The number of methoxy groups -OCH3 is 1. The number of hydrogen-bond donors (Lipinski definition) is 2. The molecule has 6 nitrogen and oxygen atoms in total. The molecule has 0 radical (unpaired) electrons. The molecule has 1 atom stereocenters. The molecule has 11 heteroatoms. The van der Waals surface area contributed by atoms with Crippen LogP contribution >= 0.6 is 22.7 Å². The zero-order valence-corrected chi connectivity index (χ0v) is 21.6. The topological polar surface area (TPSA) is 94.3 Å². The Labute approximate surface area is 208 Å². The van der Waals surface area contributed by atoms with Crippen molar-refractivity contribution >= 4 is 55.5 Å². The standard InChI is InChI=1S/C24H26F3N3O3S2/c1-10-8-14(24(25,26)27)29-20-15(10)17(28)18(35-20)19(31)30-21-16(22(32)33-5)12-7-6-11(23(2,3)4)9-13(12)34-21/h8,11H,6-7,9,28H2,1-5H3,(H,30,31). The molecule has 1 amide bonds. The molecule has 1 aliphatic carbocycles. The van der Waals surface area contributed by atoms with Gasteiger partial charge in [-0.25, -0.2) is 9.78 Å². The van der Waals surface area contributed by atoms with Crippen molar-refractivity contribution in [3.63, 3.8) is 0 Å². The summed E-state index contributed by atoms with van der Waals surface area (Å²) in [6.07, 6.45) is -2.21. The average molecular weight is 526 g/mol. The van der Waals surface area contributed by atoms with E-state index in [-0.39, 0.29) is 26.4 Å². The predicted molar refractivity (Wildman–Crippen MR) is 132 cm³/mol. The number of carbonyl (C=O) groups excluding carboxylic acids is 2. The van der Waals surface area contributed by atoms with Gasteiger partial charge in [0.25, 0.3) is 5.91 Å². The van der Waals surface area contributed by atoms with Gasteiger partial charge in [-0.15, -0.1) is 22.7 Å². The van der Waals surface area contributed by atoms with Crippen molar-refractivity contribution in [1.29, 1.82) is 0 Å². The van der Waals surface area contributed by atoms with Crippen molar-refractivity contribution in [2.24, 2.45) is 11.3 Å². The minimum absolute atomic E-state index is 0.0339. The number of fused-ring (bicyclic) bond motifs is 2. The maximum atomic E-state index is 13.2. The van der Waals surface area contributed by atoms with E-state index in [9.17, 15) is 22.8 Å². The van der Waals surface area contributed by atoms with E-state index >= 15 is 0 Å². The van der Waals surface area contributed by atoms with Gasteiger partial charge < -0.3 is 15.8 Å². The lowest BCUT2D eigenvalue weighted by Crippen LogP contribution is -2.26. The summed E-state index contributed by atoms with van der Waals surface area (Å²) < 4.78 is 44.6. The van der Waals surface area contributed by atoms with Gasteiger partial charge in [0.2, 0.25) is 0 Å². The van der Waals surface area contributed by atoms with Gasteiger partial charge in [0.05, 0.1) is 18.4 Å². The highest BCUT2D eigenvalue weighted by Crippen LogP contribution is 2.45. The maximum absolute atomic E-state index is 13.2. The van der Waals surface area contributed by atoms with Gasteiger partial charge in [0.15, 0.2) is 0 Å². The van der Waals surface area contributed by atoms with Crippen molar-refractivity contribution in [2.75, 3.05) is 18.2 Å². The number of nitrogens with zero attached hydrogens (tertiary/aromatic N) is 1. The molecule has 0 saturated carbocycles. The molecule has 0 bridgehead atoms. The SMILES string of the molecule is COC(=O)c1c(NC(=O)c2sc3nc(C(F)(F)F)cc(C)c3c2N)sc2c1CCC(C(C)(C)C)C2. The van der Waals surface area contributed by atoms with Crippen LogP contribution in [0, 0.1) is 18.3 Å². The number of nitrogens with two attached hydrogens (primary N) is 1. The fourth-order valence-electron chi connectivity index (χ4n) is 4.52. The fourth-order valence-corrected chi connectivity index (χ4v) is 6.89. The summed E-state index contributed by atoms with van der Waals surface area (Å²) in [6.45, 7) is 8.05. The van der Waals surface area contributed by atoms with Crippen LogP contribution in [0.15, 0.2) is 6.07 Å². The smallest absolute Gasteiger partial charge is 0.433 e. The third-order valence-electron chi connectivity index (χ3n) is 6.50. The van der Waals surface area contributed by atoms with Gasteiger partial charge in [-0.05, 0) is 54.7 Å². The summed E-state index contributed by atoms with van der Waals surface area (Å²) in [4.78, 5) is 30.7. The Kier molecular flexibility index (Phi) is 6.38. The maximum Gasteiger partial charge on any atom is 0.433 e. The summed E-state index contributed by atoms with van der Waals surface area (Å²) in [7, 11) is 1.29. The second-order valence-electron chi connectivity index (χ2n) is 9.81. The number of hydrogen-bond acceptors (Lipinski definition) is 7. The lowest BCUT2D eigenvalue weighted by molar-refractivity contribution is -0.141. The highest BCUT2D eigenvalue weighted by atomic mass is 32.1. The number of carbonyl (C=O) groups is 2. The number of halogens is 3. The highest BCUT2D eigenvalue weighted by molar-refractivity contribution is 7.21. The molecular weight excluding hydrogens is 499 g/mol. The Bertz CT molecular complexity index is 1340. The number of nitrogens with one attached hydrogen (secondary N) is 1. The van der Waals surface area contributed by atoms with E-state index in [4.69, 9.17) is 10.5 Å². The second-order valence-corrected chi connectivity index (χ2v) is 11.9. The summed E-state index contributed by atoms with van der Waals surface area (Å²) in [5.74, 6) is -0.712. The van der Waals surface area contributed by atoms with Crippen molar-refractivity contribution in [2.45, 2.75) is 53.1 Å². The van der Waals surface area contributed by atoms with Gasteiger partial charge in [0.1, 0.15) is 20.4 Å². The van der Waals surface area contributed by atoms with Crippen LogP contribution in [-0.2, 0) is 23.8 Å². The third kappa shape index (κ3) is 4.63. The molecule has 0 fully saturated rings. The van der Waals surface area contributed by atoms with Gasteiger partial charge in [0, 0.05) is 10.3 Å². The zero-order valence-electron chi connectivity index (χ0n) is 20.0. The number of rotatable bonds is 3. The van der Waals surface area contributed by atoms with Gasteiger partial charge in [-0.1, -0.05) is 20.8 Å². The van der Waals surface area contributed by atoms with Gasteiger partial charge in [-0.3, -0.25) is 4.79 Å². The predicted octanol–water partition coefficient (Wildman–Crippen LogP) is 6.46. The van der Waals surface area contributed by atoms with Crippen LogP contribution in [0.4, 0.5) is 23.9 Å². The van der Waals surface area contributed by atoms with E-state index in [2.05, 4.69) is 31.1 Å². The number of nitrogen functional groups attached to an aromatic ring is 1. The quantitative estimate of drug-likeness (QED) is 0.383. The molecule has 3 aromatic rings. The molecule has 3 aromatic heterocycles.